The van der Waals surface area contributed by atoms with Gasteiger partial charge in [-0.2, -0.15) is 4.98 Å². The van der Waals surface area contributed by atoms with Gasteiger partial charge in [0.2, 0.25) is 0 Å². The Kier molecular flexibility index (Phi) is 5.13. The fourth-order valence-electron chi connectivity index (χ4n) is 2.34. The van der Waals surface area contributed by atoms with E-state index in [1.54, 1.807) is 0 Å². The summed E-state index contributed by atoms with van der Waals surface area (Å²) in [6.07, 6.45) is 6.27. The van der Waals surface area contributed by atoms with Crippen molar-refractivity contribution in [3.63, 3.8) is 0 Å². The first kappa shape index (κ1) is 13.5. The van der Waals surface area contributed by atoms with Crippen molar-refractivity contribution < 1.29 is 14.4 Å². The zero-order valence-electron chi connectivity index (χ0n) is 11.0. The first-order valence-electron chi connectivity index (χ1n) is 6.85. The third-order valence-corrected chi connectivity index (χ3v) is 3.48. The molecule has 1 N–H and O–H groups in total. The van der Waals surface area contributed by atoms with Crippen LogP contribution in [0.1, 0.15) is 50.7 Å². The van der Waals surface area contributed by atoms with E-state index in [2.05, 4.69) is 17.1 Å². The molecule has 2 rings (SSSR count). The second kappa shape index (κ2) is 6.85. The molecule has 0 bridgehead atoms. The number of rotatable bonds is 6. The van der Waals surface area contributed by atoms with Crippen LogP contribution in [0.2, 0.25) is 0 Å². The summed E-state index contributed by atoms with van der Waals surface area (Å²) in [4.78, 5) is 4.27. The quantitative estimate of drug-likeness (QED) is 0.841. The van der Waals surface area contributed by atoms with Gasteiger partial charge < -0.3 is 14.4 Å². The van der Waals surface area contributed by atoms with Gasteiger partial charge in [0.15, 0.2) is 5.82 Å². The number of hydrogen-bond donors (Lipinski definition) is 1. The summed E-state index contributed by atoms with van der Waals surface area (Å²) in [5.74, 6) is 1.80. The van der Waals surface area contributed by atoms with E-state index in [-0.39, 0.29) is 6.10 Å². The van der Waals surface area contributed by atoms with E-state index in [1.165, 1.54) is 0 Å². The standard InChI is InChI=1S/C13H22N2O3/c1-2-3-12-14-13(18-15-12)9-17-11-6-4-10(8-16)5-7-11/h10-11,16H,2-9H2,1H3. The highest BCUT2D eigenvalue weighted by atomic mass is 16.5. The summed E-state index contributed by atoms with van der Waals surface area (Å²) < 4.78 is 10.9. The van der Waals surface area contributed by atoms with E-state index in [4.69, 9.17) is 14.4 Å². The van der Waals surface area contributed by atoms with Gasteiger partial charge in [-0.3, -0.25) is 0 Å². The molecule has 1 heterocycles. The fraction of sp³-hybridized carbons (Fsp3) is 0.846. The Morgan fingerprint density at radius 2 is 2.11 bits per heavy atom. The van der Waals surface area contributed by atoms with Crippen LogP contribution in [0, 0.1) is 5.92 Å². The molecule has 1 fully saturated rings. The van der Waals surface area contributed by atoms with Crippen LogP contribution in [0.5, 0.6) is 0 Å². The molecule has 102 valence electrons. The Morgan fingerprint density at radius 3 is 2.78 bits per heavy atom. The molecule has 1 aromatic rings. The molecule has 5 nitrogen and oxygen atoms in total. The molecule has 0 radical (unpaired) electrons. The van der Waals surface area contributed by atoms with Gasteiger partial charge in [-0.25, -0.2) is 0 Å². The lowest BCUT2D eigenvalue weighted by atomic mass is 9.88. The molecule has 1 aliphatic rings. The average Bonchev–Trinajstić information content (AvgIpc) is 2.85. The van der Waals surface area contributed by atoms with Crippen molar-refractivity contribution in [2.75, 3.05) is 6.61 Å². The Hall–Kier alpha value is -0.940. The first-order chi connectivity index (χ1) is 8.81. The van der Waals surface area contributed by atoms with Crippen molar-refractivity contribution in [1.82, 2.24) is 10.1 Å². The van der Waals surface area contributed by atoms with Gasteiger partial charge in [0, 0.05) is 13.0 Å². The molecule has 0 amide bonds. The van der Waals surface area contributed by atoms with Crippen LogP contribution in [-0.2, 0) is 17.8 Å². The van der Waals surface area contributed by atoms with Crippen LogP contribution >= 0.6 is 0 Å². The highest BCUT2D eigenvalue weighted by molar-refractivity contribution is 4.85. The first-order valence-corrected chi connectivity index (χ1v) is 6.85. The molecule has 0 saturated heterocycles. The van der Waals surface area contributed by atoms with Crippen molar-refractivity contribution >= 4 is 0 Å². The van der Waals surface area contributed by atoms with Crippen LogP contribution in [0.25, 0.3) is 0 Å². The van der Waals surface area contributed by atoms with Crippen LogP contribution in [0.3, 0.4) is 0 Å². The Labute approximate surface area is 108 Å². The normalized spacial score (nSPS) is 24.3. The SMILES string of the molecule is CCCc1noc(COC2CCC(CO)CC2)n1. The van der Waals surface area contributed by atoms with Crippen molar-refractivity contribution in [3.05, 3.63) is 11.7 Å². The summed E-state index contributed by atoms with van der Waals surface area (Å²) in [7, 11) is 0. The Morgan fingerprint density at radius 1 is 1.33 bits per heavy atom. The molecule has 0 atom stereocenters. The van der Waals surface area contributed by atoms with E-state index in [0.29, 0.717) is 25.0 Å². The molecular formula is C13H22N2O3. The predicted molar refractivity (Wildman–Crippen MR) is 65.9 cm³/mol. The molecule has 0 spiro atoms. The Balaban J connectivity index is 1.71. The number of aliphatic hydroxyl groups is 1. The van der Waals surface area contributed by atoms with Crippen LogP contribution in [-0.4, -0.2) is 28.0 Å². The molecule has 0 aromatic carbocycles. The maximum absolute atomic E-state index is 9.06. The summed E-state index contributed by atoms with van der Waals surface area (Å²) >= 11 is 0. The van der Waals surface area contributed by atoms with Gasteiger partial charge in [0.1, 0.15) is 6.61 Å². The van der Waals surface area contributed by atoms with E-state index in [9.17, 15) is 0 Å². The monoisotopic (exact) mass is 254 g/mol. The van der Waals surface area contributed by atoms with Crippen molar-refractivity contribution in [1.29, 1.82) is 0 Å². The van der Waals surface area contributed by atoms with Crippen LogP contribution < -0.4 is 0 Å². The van der Waals surface area contributed by atoms with Crippen LogP contribution in [0.4, 0.5) is 0 Å². The Bertz CT molecular complexity index is 346. The second-order valence-corrected chi connectivity index (χ2v) is 4.99. The number of aromatic nitrogens is 2. The van der Waals surface area contributed by atoms with E-state index in [0.717, 1.165) is 44.3 Å². The lowest BCUT2D eigenvalue weighted by Gasteiger charge is -2.26. The third-order valence-electron chi connectivity index (χ3n) is 3.48. The number of nitrogens with zero attached hydrogens (tertiary/aromatic N) is 2. The minimum Gasteiger partial charge on any atom is -0.396 e. The minimum atomic E-state index is 0.273. The van der Waals surface area contributed by atoms with E-state index < -0.39 is 0 Å². The molecular weight excluding hydrogens is 232 g/mol. The zero-order chi connectivity index (χ0) is 12.8. The molecule has 5 heteroatoms. The van der Waals surface area contributed by atoms with Crippen molar-refractivity contribution in [2.45, 2.75) is 58.2 Å². The molecule has 1 aromatic heterocycles. The van der Waals surface area contributed by atoms with E-state index in [1.807, 2.05) is 0 Å². The number of ether oxygens (including phenoxy) is 1. The van der Waals surface area contributed by atoms with Crippen molar-refractivity contribution in [2.24, 2.45) is 5.92 Å². The predicted octanol–water partition coefficient (Wildman–Crippen LogP) is 2.09. The van der Waals surface area contributed by atoms with Gasteiger partial charge in [-0.1, -0.05) is 12.1 Å². The lowest BCUT2D eigenvalue weighted by Crippen LogP contribution is -2.23. The number of aryl methyl sites for hydroxylation is 1. The smallest absolute Gasteiger partial charge is 0.252 e. The minimum absolute atomic E-state index is 0.273. The summed E-state index contributed by atoms with van der Waals surface area (Å²) in [5, 5.41) is 13.0. The topological polar surface area (TPSA) is 68.4 Å². The van der Waals surface area contributed by atoms with Gasteiger partial charge in [-0.15, -0.1) is 0 Å². The fourth-order valence-corrected chi connectivity index (χ4v) is 2.34. The molecule has 0 aliphatic heterocycles. The average molecular weight is 254 g/mol. The summed E-state index contributed by atoms with van der Waals surface area (Å²) in [6, 6.07) is 0. The molecule has 1 saturated carbocycles. The summed E-state index contributed by atoms with van der Waals surface area (Å²) in [6.45, 7) is 2.80. The molecule has 1 aliphatic carbocycles. The highest BCUT2D eigenvalue weighted by Gasteiger charge is 2.21. The maximum atomic E-state index is 9.06. The third kappa shape index (κ3) is 3.78. The maximum Gasteiger partial charge on any atom is 0.252 e. The second-order valence-electron chi connectivity index (χ2n) is 4.99. The zero-order valence-corrected chi connectivity index (χ0v) is 11.0. The van der Waals surface area contributed by atoms with Crippen LogP contribution in [0.15, 0.2) is 4.52 Å². The van der Waals surface area contributed by atoms with Gasteiger partial charge in [-0.05, 0) is 38.0 Å². The van der Waals surface area contributed by atoms with Gasteiger partial charge in [0.05, 0.1) is 6.10 Å². The summed E-state index contributed by atoms with van der Waals surface area (Å²) in [5.41, 5.74) is 0. The van der Waals surface area contributed by atoms with Gasteiger partial charge in [0.25, 0.3) is 5.89 Å². The largest absolute Gasteiger partial charge is 0.396 e. The lowest BCUT2D eigenvalue weighted by molar-refractivity contribution is -0.00903. The number of aliphatic hydroxyl groups excluding tert-OH is 1. The van der Waals surface area contributed by atoms with Gasteiger partial charge >= 0.3 is 0 Å². The molecule has 18 heavy (non-hydrogen) atoms. The highest BCUT2D eigenvalue weighted by Crippen LogP contribution is 2.26. The number of hydrogen-bond acceptors (Lipinski definition) is 5. The van der Waals surface area contributed by atoms with Crippen molar-refractivity contribution in [3.8, 4) is 0 Å². The van der Waals surface area contributed by atoms with E-state index >= 15 is 0 Å². The molecule has 0 unspecified atom stereocenters.